The second-order valence-electron chi connectivity index (χ2n) is 4.77. The van der Waals surface area contributed by atoms with Gasteiger partial charge in [-0.1, -0.05) is 19.9 Å². The Hall–Kier alpha value is -0.580. The van der Waals surface area contributed by atoms with Crippen LogP contribution in [0.5, 0.6) is 0 Å². The molecule has 2 unspecified atom stereocenters. The Kier molecular flexibility index (Phi) is 7.42. The molecule has 0 fully saturated rings. The van der Waals surface area contributed by atoms with E-state index in [9.17, 15) is 4.39 Å². The van der Waals surface area contributed by atoms with E-state index in [-0.39, 0.29) is 23.7 Å². The quantitative estimate of drug-likeness (QED) is 0.714. The van der Waals surface area contributed by atoms with Crippen LogP contribution >= 0.6 is 11.8 Å². The van der Waals surface area contributed by atoms with Crippen LogP contribution in [0.15, 0.2) is 23.1 Å². The van der Waals surface area contributed by atoms with Gasteiger partial charge in [-0.25, -0.2) is 4.39 Å². The number of halogens is 1. The van der Waals surface area contributed by atoms with Crippen LogP contribution in [0, 0.1) is 5.82 Å². The molecule has 0 bridgehead atoms. The van der Waals surface area contributed by atoms with Crippen LogP contribution in [0.4, 0.5) is 4.39 Å². The van der Waals surface area contributed by atoms with E-state index in [0.717, 1.165) is 29.8 Å². The number of nitrogens with one attached hydrogen (secondary N) is 1. The summed E-state index contributed by atoms with van der Waals surface area (Å²) in [6.45, 7) is 7.20. The first kappa shape index (κ1) is 16.5. The minimum atomic E-state index is -0.155. The molecule has 0 aliphatic carbocycles. The molecular weight excluding hydrogens is 261 g/mol. The third-order valence-corrected chi connectivity index (χ3v) is 4.26. The SMILES string of the molecule is CCCNC(C)c1c(F)cccc1SC(C)CCO. The number of aliphatic hydroxyl groups excluding tert-OH is 1. The first-order valence-electron chi connectivity index (χ1n) is 6.89. The van der Waals surface area contributed by atoms with Crippen LogP contribution in [0.3, 0.4) is 0 Å². The Morgan fingerprint density at radius 3 is 2.74 bits per heavy atom. The van der Waals surface area contributed by atoms with Gasteiger partial charge in [0.15, 0.2) is 0 Å². The van der Waals surface area contributed by atoms with E-state index in [4.69, 9.17) is 5.11 Å². The highest BCUT2D eigenvalue weighted by atomic mass is 32.2. The fourth-order valence-electron chi connectivity index (χ4n) is 1.96. The number of thioether (sulfide) groups is 1. The summed E-state index contributed by atoms with van der Waals surface area (Å²) in [4.78, 5) is 0.969. The molecule has 0 aliphatic heterocycles. The molecule has 0 aromatic heterocycles. The third kappa shape index (κ3) is 5.13. The molecule has 2 N–H and O–H groups in total. The molecule has 0 saturated heterocycles. The highest BCUT2D eigenvalue weighted by Crippen LogP contribution is 2.33. The second kappa shape index (κ2) is 8.56. The van der Waals surface area contributed by atoms with Crippen molar-refractivity contribution in [2.45, 2.75) is 49.8 Å². The van der Waals surface area contributed by atoms with Gasteiger partial charge in [0.25, 0.3) is 0 Å². The molecule has 0 heterocycles. The summed E-state index contributed by atoms with van der Waals surface area (Å²) >= 11 is 1.63. The summed E-state index contributed by atoms with van der Waals surface area (Å²) in [5.74, 6) is -0.155. The summed E-state index contributed by atoms with van der Waals surface area (Å²) in [6.07, 6.45) is 1.75. The molecule has 0 saturated carbocycles. The topological polar surface area (TPSA) is 32.3 Å². The summed E-state index contributed by atoms with van der Waals surface area (Å²) in [5, 5.41) is 12.6. The van der Waals surface area contributed by atoms with E-state index in [1.54, 1.807) is 17.8 Å². The lowest BCUT2D eigenvalue weighted by Crippen LogP contribution is -2.21. The van der Waals surface area contributed by atoms with Crippen molar-refractivity contribution in [1.29, 1.82) is 0 Å². The Morgan fingerprint density at radius 2 is 2.11 bits per heavy atom. The Balaban J connectivity index is 2.88. The van der Waals surface area contributed by atoms with Crippen LogP contribution < -0.4 is 5.32 Å². The molecule has 1 aromatic carbocycles. The maximum absolute atomic E-state index is 14.1. The minimum Gasteiger partial charge on any atom is -0.396 e. The van der Waals surface area contributed by atoms with E-state index < -0.39 is 0 Å². The molecule has 0 radical (unpaired) electrons. The van der Waals surface area contributed by atoms with Gasteiger partial charge in [0.1, 0.15) is 5.82 Å². The fourth-order valence-corrected chi connectivity index (χ4v) is 3.18. The van der Waals surface area contributed by atoms with Crippen molar-refractivity contribution in [2.75, 3.05) is 13.2 Å². The van der Waals surface area contributed by atoms with Gasteiger partial charge in [-0.2, -0.15) is 0 Å². The zero-order chi connectivity index (χ0) is 14.3. The number of aliphatic hydroxyl groups is 1. The van der Waals surface area contributed by atoms with Gasteiger partial charge in [0.2, 0.25) is 0 Å². The van der Waals surface area contributed by atoms with Gasteiger partial charge >= 0.3 is 0 Å². The highest BCUT2D eigenvalue weighted by Gasteiger charge is 2.17. The molecule has 19 heavy (non-hydrogen) atoms. The maximum atomic E-state index is 14.1. The van der Waals surface area contributed by atoms with Gasteiger partial charge in [0, 0.05) is 28.4 Å². The molecule has 4 heteroatoms. The number of hydrogen-bond donors (Lipinski definition) is 2. The smallest absolute Gasteiger partial charge is 0.129 e. The summed E-state index contributed by atoms with van der Waals surface area (Å²) in [6, 6.07) is 5.23. The van der Waals surface area contributed by atoms with Crippen molar-refractivity contribution in [2.24, 2.45) is 0 Å². The zero-order valence-electron chi connectivity index (χ0n) is 11.9. The van der Waals surface area contributed by atoms with Crippen LogP contribution in [0.2, 0.25) is 0 Å². The summed E-state index contributed by atoms with van der Waals surface area (Å²) in [7, 11) is 0. The van der Waals surface area contributed by atoms with E-state index in [0.29, 0.717) is 0 Å². The van der Waals surface area contributed by atoms with E-state index in [2.05, 4.69) is 19.2 Å². The number of hydrogen-bond acceptors (Lipinski definition) is 3. The highest BCUT2D eigenvalue weighted by molar-refractivity contribution is 8.00. The predicted octanol–water partition coefficient (Wildman–Crippen LogP) is 3.75. The van der Waals surface area contributed by atoms with Crippen molar-refractivity contribution in [3.8, 4) is 0 Å². The van der Waals surface area contributed by atoms with Crippen LogP contribution in [0.25, 0.3) is 0 Å². The van der Waals surface area contributed by atoms with E-state index >= 15 is 0 Å². The van der Waals surface area contributed by atoms with Crippen LogP contribution in [-0.4, -0.2) is 23.5 Å². The van der Waals surface area contributed by atoms with Gasteiger partial charge < -0.3 is 10.4 Å². The van der Waals surface area contributed by atoms with Crippen molar-refractivity contribution in [3.63, 3.8) is 0 Å². The monoisotopic (exact) mass is 285 g/mol. The lowest BCUT2D eigenvalue weighted by Gasteiger charge is -2.20. The molecule has 0 amide bonds. The van der Waals surface area contributed by atoms with Gasteiger partial charge in [-0.15, -0.1) is 11.8 Å². The molecule has 2 nitrogen and oxygen atoms in total. The van der Waals surface area contributed by atoms with Crippen molar-refractivity contribution >= 4 is 11.8 Å². The molecule has 0 aliphatic rings. The van der Waals surface area contributed by atoms with Crippen molar-refractivity contribution in [1.82, 2.24) is 5.32 Å². The number of rotatable bonds is 8. The van der Waals surface area contributed by atoms with E-state index in [1.165, 1.54) is 6.07 Å². The largest absolute Gasteiger partial charge is 0.396 e. The van der Waals surface area contributed by atoms with Crippen LogP contribution in [0.1, 0.15) is 45.2 Å². The average Bonchev–Trinajstić information content (AvgIpc) is 2.36. The summed E-state index contributed by atoms with van der Waals surface area (Å²) < 4.78 is 14.1. The fraction of sp³-hybridized carbons (Fsp3) is 0.600. The second-order valence-corrected chi connectivity index (χ2v) is 6.25. The molecule has 2 atom stereocenters. The first-order chi connectivity index (χ1) is 9.10. The van der Waals surface area contributed by atoms with Crippen molar-refractivity contribution in [3.05, 3.63) is 29.6 Å². The molecule has 1 rings (SSSR count). The summed E-state index contributed by atoms with van der Waals surface area (Å²) in [5.41, 5.74) is 0.741. The Labute approximate surface area is 119 Å². The minimum absolute atomic E-state index is 0.00461. The number of benzene rings is 1. The zero-order valence-corrected chi connectivity index (χ0v) is 12.8. The third-order valence-electron chi connectivity index (χ3n) is 3.01. The van der Waals surface area contributed by atoms with E-state index in [1.807, 2.05) is 13.0 Å². The molecular formula is C15H24FNOS. The molecule has 1 aromatic rings. The molecule has 108 valence electrons. The standard InChI is InChI=1S/C15H24FNOS/c1-4-9-17-12(3)15-13(16)6-5-7-14(15)19-11(2)8-10-18/h5-7,11-12,17-18H,4,8-10H2,1-3H3. The van der Waals surface area contributed by atoms with Crippen LogP contribution in [-0.2, 0) is 0 Å². The lowest BCUT2D eigenvalue weighted by molar-refractivity contribution is 0.289. The Morgan fingerprint density at radius 1 is 1.37 bits per heavy atom. The normalized spacial score (nSPS) is 14.4. The van der Waals surface area contributed by atoms with Crippen molar-refractivity contribution < 1.29 is 9.50 Å². The molecule has 0 spiro atoms. The Bertz CT molecular complexity index is 386. The van der Waals surface area contributed by atoms with Gasteiger partial charge in [-0.3, -0.25) is 0 Å². The predicted molar refractivity (Wildman–Crippen MR) is 80.1 cm³/mol. The first-order valence-corrected chi connectivity index (χ1v) is 7.77. The lowest BCUT2D eigenvalue weighted by atomic mass is 10.1. The average molecular weight is 285 g/mol. The van der Waals surface area contributed by atoms with Gasteiger partial charge in [0.05, 0.1) is 0 Å². The van der Waals surface area contributed by atoms with Gasteiger partial charge in [-0.05, 0) is 38.4 Å². The maximum Gasteiger partial charge on any atom is 0.129 e.